The third kappa shape index (κ3) is 5.67. The number of nitrogens with zero attached hydrogens (tertiary/aromatic N) is 1. The molecule has 3 aromatic rings. The van der Waals surface area contributed by atoms with Crippen LogP contribution in [0.3, 0.4) is 0 Å². The third-order valence-corrected chi connectivity index (χ3v) is 5.38. The van der Waals surface area contributed by atoms with E-state index in [1.807, 2.05) is 18.3 Å². The highest BCUT2D eigenvalue weighted by Gasteiger charge is 2.10. The molecule has 0 aliphatic carbocycles. The highest BCUT2D eigenvalue weighted by molar-refractivity contribution is 7.15. The molecular weight excluding hydrogens is 368 g/mol. The Balaban J connectivity index is 1.55. The van der Waals surface area contributed by atoms with E-state index in [-0.39, 0.29) is 5.91 Å². The molecule has 1 amide bonds. The molecule has 0 radical (unpaired) electrons. The number of unbranched alkanes of at least 4 members (excludes halogenated alkanes) is 1. The van der Waals surface area contributed by atoms with Gasteiger partial charge in [-0.3, -0.25) is 10.1 Å². The molecule has 4 nitrogen and oxygen atoms in total. The van der Waals surface area contributed by atoms with Crippen LogP contribution in [0.2, 0.25) is 0 Å². The molecule has 0 aliphatic rings. The number of carbonyl (C=O) groups is 1. The summed E-state index contributed by atoms with van der Waals surface area (Å²) in [5.74, 6) is 0.629. The average Bonchev–Trinajstić information content (AvgIpc) is 3.16. The van der Waals surface area contributed by atoms with Gasteiger partial charge in [0.1, 0.15) is 5.75 Å². The Morgan fingerprint density at radius 3 is 2.43 bits per heavy atom. The fourth-order valence-corrected chi connectivity index (χ4v) is 3.59. The smallest absolute Gasteiger partial charge is 0.257 e. The van der Waals surface area contributed by atoms with E-state index in [9.17, 15) is 4.79 Å². The molecule has 0 fully saturated rings. The van der Waals surface area contributed by atoms with E-state index < -0.39 is 0 Å². The largest absolute Gasteiger partial charge is 0.494 e. The molecule has 5 heteroatoms. The van der Waals surface area contributed by atoms with E-state index in [4.69, 9.17) is 4.74 Å². The number of rotatable bonds is 9. The molecule has 0 saturated heterocycles. The second-order valence-corrected chi connectivity index (χ2v) is 7.77. The maximum Gasteiger partial charge on any atom is 0.257 e. The molecule has 146 valence electrons. The van der Waals surface area contributed by atoms with Gasteiger partial charge in [-0.2, -0.15) is 0 Å². The molecule has 0 saturated carbocycles. The molecular formula is C23H26N2O2S. The second-order valence-electron chi connectivity index (χ2n) is 6.66. The SMILES string of the molecule is CCCCOc1ccc(C(=O)Nc2ncc(Cc3ccc(CC)cc3)s2)cc1. The van der Waals surface area contributed by atoms with Crippen LogP contribution in [0.25, 0.3) is 0 Å². The molecule has 0 atom stereocenters. The van der Waals surface area contributed by atoms with Gasteiger partial charge in [0.25, 0.3) is 5.91 Å². The van der Waals surface area contributed by atoms with Crippen molar-refractivity contribution in [2.24, 2.45) is 0 Å². The lowest BCUT2D eigenvalue weighted by Crippen LogP contribution is -2.11. The number of aryl methyl sites for hydroxylation is 1. The first kappa shape index (κ1) is 20.1. The van der Waals surface area contributed by atoms with Crippen molar-refractivity contribution in [3.63, 3.8) is 0 Å². The Morgan fingerprint density at radius 1 is 1.04 bits per heavy atom. The Labute approximate surface area is 170 Å². The molecule has 0 bridgehead atoms. The number of hydrogen-bond donors (Lipinski definition) is 1. The zero-order valence-corrected chi connectivity index (χ0v) is 17.2. The Hall–Kier alpha value is -2.66. The monoisotopic (exact) mass is 394 g/mol. The number of benzene rings is 2. The minimum Gasteiger partial charge on any atom is -0.494 e. The first-order valence-corrected chi connectivity index (χ1v) is 10.6. The maximum atomic E-state index is 12.4. The number of amides is 1. The van der Waals surface area contributed by atoms with Gasteiger partial charge in [-0.1, -0.05) is 44.5 Å². The summed E-state index contributed by atoms with van der Waals surface area (Å²) in [4.78, 5) is 17.9. The molecule has 28 heavy (non-hydrogen) atoms. The van der Waals surface area contributed by atoms with Gasteiger partial charge >= 0.3 is 0 Å². The highest BCUT2D eigenvalue weighted by atomic mass is 32.1. The van der Waals surface area contributed by atoms with E-state index >= 15 is 0 Å². The maximum absolute atomic E-state index is 12.4. The molecule has 1 heterocycles. The summed E-state index contributed by atoms with van der Waals surface area (Å²) in [6, 6.07) is 15.8. The van der Waals surface area contributed by atoms with E-state index in [2.05, 4.69) is 48.4 Å². The third-order valence-electron chi connectivity index (χ3n) is 4.47. The predicted molar refractivity (Wildman–Crippen MR) is 116 cm³/mol. The van der Waals surface area contributed by atoms with Gasteiger partial charge in [-0.05, 0) is 48.2 Å². The number of nitrogens with one attached hydrogen (secondary N) is 1. The molecule has 0 spiro atoms. The minimum absolute atomic E-state index is 0.159. The van der Waals surface area contributed by atoms with Crippen LogP contribution in [0.5, 0.6) is 5.75 Å². The van der Waals surface area contributed by atoms with Gasteiger partial charge in [-0.15, -0.1) is 11.3 Å². The second kappa shape index (κ2) is 10.0. The molecule has 1 aromatic heterocycles. The van der Waals surface area contributed by atoms with Crippen molar-refractivity contribution >= 4 is 22.4 Å². The topological polar surface area (TPSA) is 51.2 Å². The first-order valence-electron chi connectivity index (χ1n) is 9.74. The number of thiazole rings is 1. The van der Waals surface area contributed by atoms with Crippen LogP contribution in [0, 0.1) is 0 Å². The summed E-state index contributed by atoms with van der Waals surface area (Å²) in [7, 11) is 0. The average molecular weight is 395 g/mol. The molecule has 0 aliphatic heterocycles. The Kier molecular flexibility index (Phi) is 7.20. The fourth-order valence-electron chi connectivity index (χ4n) is 2.75. The number of hydrogen-bond acceptors (Lipinski definition) is 4. The Bertz CT molecular complexity index is 886. The van der Waals surface area contributed by atoms with Crippen molar-refractivity contribution in [1.82, 2.24) is 4.98 Å². The first-order chi connectivity index (χ1) is 13.7. The van der Waals surface area contributed by atoms with Crippen molar-refractivity contribution in [3.8, 4) is 5.75 Å². The van der Waals surface area contributed by atoms with Crippen LogP contribution in [0.15, 0.2) is 54.7 Å². The van der Waals surface area contributed by atoms with E-state index in [1.165, 1.54) is 22.5 Å². The van der Waals surface area contributed by atoms with Gasteiger partial charge in [0.05, 0.1) is 6.61 Å². The summed E-state index contributed by atoms with van der Waals surface area (Å²) < 4.78 is 5.63. The number of carbonyl (C=O) groups excluding carboxylic acids is 1. The van der Waals surface area contributed by atoms with Crippen molar-refractivity contribution in [1.29, 1.82) is 0 Å². The van der Waals surface area contributed by atoms with Crippen molar-refractivity contribution < 1.29 is 9.53 Å². The standard InChI is InChI=1S/C23H26N2O2S/c1-3-5-14-27-20-12-10-19(11-13-20)22(26)25-23-24-16-21(28-23)15-18-8-6-17(4-2)7-9-18/h6-13,16H,3-5,14-15H2,1-2H3,(H,24,25,26). The number of aromatic nitrogens is 1. The quantitative estimate of drug-likeness (QED) is 0.472. The minimum atomic E-state index is -0.159. The van der Waals surface area contributed by atoms with E-state index in [1.54, 1.807) is 12.1 Å². The van der Waals surface area contributed by atoms with Crippen molar-refractivity contribution in [2.75, 3.05) is 11.9 Å². The van der Waals surface area contributed by atoms with E-state index in [0.717, 1.165) is 36.3 Å². The Morgan fingerprint density at radius 2 is 1.75 bits per heavy atom. The summed E-state index contributed by atoms with van der Waals surface area (Å²) in [6.45, 7) is 4.98. The molecule has 1 N–H and O–H groups in total. The van der Waals surface area contributed by atoms with Crippen LogP contribution < -0.4 is 10.1 Å². The van der Waals surface area contributed by atoms with Crippen molar-refractivity contribution in [2.45, 2.75) is 39.5 Å². The van der Waals surface area contributed by atoms with Crippen LogP contribution in [0.4, 0.5) is 5.13 Å². The fraction of sp³-hybridized carbons (Fsp3) is 0.304. The summed E-state index contributed by atoms with van der Waals surface area (Å²) in [5.41, 5.74) is 3.18. The molecule has 3 rings (SSSR count). The van der Waals surface area contributed by atoms with Crippen LogP contribution >= 0.6 is 11.3 Å². The van der Waals surface area contributed by atoms with Crippen LogP contribution in [-0.2, 0) is 12.8 Å². The van der Waals surface area contributed by atoms with Gasteiger partial charge < -0.3 is 4.74 Å². The normalized spacial score (nSPS) is 10.6. The predicted octanol–water partition coefficient (Wildman–Crippen LogP) is 5.73. The number of ether oxygens (including phenoxy) is 1. The zero-order chi connectivity index (χ0) is 19.8. The van der Waals surface area contributed by atoms with Crippen LogP contribution in [0.1, 0.15) is 53.1 Å². The van der Waals surface area contributed by atoms with Gasteiger partial charge in [0.15, 0.2) is 5.13 Å². The molecule has 0 unspecified atom stereocenters. The number of anilines is 1. The molecule has 2 aromatic carbocycles. The lowest BCUT2D eigenvalue weighted by molar-refractivity contribution is 0.102. The van der Waals surface area contributed by atoms with Crippen molar-refractivity contribution in [3.05, 3.63) is 76.3 Å². The zero-order valence-electron chi connectivity index (χ0n) is 16.4. The van der Waals surface area contributed by atoms with Gasteiger partial charge in [0.2, 0.25) is 0 Å². The highest BCUT2D eigenvalue weighted by Crippen LogP contribution is 2.22. The van der Waals surface area contributed by atoms with Gasteiger partial charge in [-0.25, -0.2) is 4.98 Å². The lowest BCUT2D eigenvalue weighted by atomic mass is 10.1. The van der Waals surface area contributed by atoms with Crippen LogP contribution in [-0.4, -0.2) is 17.5 Å². The summed E-state index contributed by atoms with van der Waals surface area (Å²) in [5, 5.41) is 3.50. The van der Waals surface area contributed by atoms with Gasteiger partial charge in [0, 0.05) is 23.1 Å². The van der Waals surface area contributed by atoms with E-state index in [0.29, 0.717) is 17.3 Å². The summed E-state index contributed by atoms with van der Waals surface area (Å²) in [6.07, 6.45) is 5.82. The summed E-state index contributed by atoms with van der Waals surface area (Å²) >= 11 is 1.51. The lowest BCUT2D eigenvalue weighted by Gasteiger charge is -2.06.